The molecule has 3 aromatic rings. The van der Waals surface area contributed by atoms with Gasteiger partial charge in [-0.05, 0) is 5.56 Å². The molecule has 3 amide bonds. The van der Waals surface area contributed by atoms with Gasteiger partial charge in [-0.15, -0.1) is 0 Å². The quantitative estimate of drug-likeness (QED) is 0.633. The normalized spacial score (nSPS) is 14.6. The van der Waals surface area contributed by atoms with Gasteiger partial charge >= 0.3 is 6.03 Å². The number of hydrogen-bond donors (Lipinski definition) is 2. The monoisotopic (exact) mass is 408 g/mol. The predicted molar refractivity (Wildman–Crippen MR) is 112 cm³/mol. The molecule has 156 valence electrons. The molecule has 4 rings (SSSR count). The van der Waals surface area contributed by atoms with Crippen LogP contribution >= 0.6 is 0 Å². The maximum Gasteiger partial charge on any atom is 0.321 e. The summed E-state index contributed by atoms with van der Waals surface area (Å²) >= 11 is 0. The molecule has 3 heterocycles. The van der Waals surface area contributed by atoms with E-state index in [1.165, 1.54) is 0 Å². The third kappa shape index (κ3) is 4.54. The molecular formula is C20H24N8O2. The number of carbonyl (C=O) groups excluding carboxylic acids is 2. The average molecular weight is 408 g/mol. The molecule has 0 bridgehead atoms. The standard InChI is InChI=1S/C20H24N8O2/c1-26-18-16(12-24-26)19(23-14-22-18)28-9-7-27(8-10-28)13-17(29)25-20(30)21-11-15-5-3-2-4-6-15/h2-6,12,14H,7-11,13H2,1H3,(H2,21,25,29,30). The van der Waals surface area contributed by atoms with E-state index in [1.54, 1.807) is 17.2 Å². The van der Waals surface area contributed by atoms with Gasteiger partial charge in [0.2, 0.25) is 5.91 Å². The molecule has 1 saturated heterocycles. The zero-order valence-corrected chi connectivity index (χ0v) is 16.8. The highest BCUT2D eigenvalue weighted by molar-refractivity contribution is 5.95. The summed E-state index contributed by atoms with van der Waals surface area (Å²) in [6.45, 7) is 3.41. The molecule has 10 heteroatoms. The molecule has 1 aliphatic rings. The number of nitrogens with one attached hydrogen (secondary N) is 2. The Morgan fingerprint density at radius 2 is 1.83 bits per heavy atom. The van der Waals surface area contributed by atoms with Crippen LogP contribution in [0.15, 0.2) is 42.9 Å². The number of aryl methyl sites for hydroxylation is 1. The van der Waals surface area contributed by atoms with Crippen molar-refractivity contribution in [2.75, 3.05) is 37.6 Å². The second kappa shape index (κ2) is 8.87. The molecule has 1 fully saturated rings. The molecule has 0 spiro atoms. The number of aromatic nitrogens is 4. The van der Waals surface area contributed by atoms with Crippen molar-refractivity contribution in [3.8, 4) is 0 Å². The van der Waals surface area contributed by atoms with Crippen LogP contribution in [0.4, 0.5) is 10.6 Å². The van der Waals surface area contributed by atoms with Crippen molar-refractivity contribution in [1.29, 1.82) is 0 Å². The van der Waals surface area contributed by atoms with Crippen molar-refractivity contribution in [2.45, 2.75) is 6.54 Å². The van der Waals surface area contributed by atoms with Crippen LogP contribution in [0.5, 0.6) is 0 Å². The zero-order chi connectivity index (χ0) is 20.9. The molecule has 1 aromatic carbocycles. The van der Waals surface area contributed by atoms with Crippen LogP contribution in [-0.4, -0.2) is 69.3 Å². The summed E-state index contributed by atoms with van der Waals surface area (Å²) in [6, 6.07) is 9.07. The molecule has 2 aromatic heterocycles. The van der Waals surface area contributed by atoms with E-state index in [1.807, 2.05) is 42.3 Å². The summed E-state index contributed by atoms with van der Waals surface area (Å²) in [7, 11) is 1.85. The van der Waals surface area contributed by atoms with Gasteiger partial charge in [0, 0.05) is 39.8 Å². The molecule has 1 aliphatic heterocycles. The third-order valence-corrected chi connectivity index (χ3v) is 5.10. The van der Waals surface area contributed by atoms with Gasteiger partial charge in [0.1, 0.15) is 12.1 Å². The van der Waals surface area contributed by atoms with Crippen molar-refractivity contribution in [3.63, 3.8) is 0 Å². The van der Waals surface area contributed by atoms with Crippen LogP contribution in [0.25, 0.3) is 11.0 Å². The Morgan fingerprint density at radius 1 is 1.07 bits per heavy atom. The van der Waals surface area contributed by atoms with Gasteiger partial charge in [-0.1, -0.05) is 30.3 Å². The second-order valence-corrected chi connectivity index (χ2v) is 7.18. The summed E-state index contributed by atoms with van der Waals surface area (Å²) in [5.74, 6) is 0.545. The van der Waals surface area contributed by atoms with Crippen LogP contribution in [-0.2, 0) is 18.4 Å². The van der Waals surface area contributed by atoms with Gasteiger partial charge in [-0.2, -0.15) is 5.10 Å². The number of rotatable bonds is 5. The molecule has 0 aliphatic carbocycles. The lowest BCUT2D eigenvalue weighted by atomic mass is 10.2. The van der Waals surface area contributed by atoms with E-state index in [4.69, 9.17) is 0 Å². The number of hydrogen-bond acceptors (Lipinski definition) is 7. The Labute approximate surface area is 173 Å². The Hall–Kier alpha value is -3.53. The van der Waals surface area contributed by atoms with E-state index in [-0.39, 0.29) is 12.5 Å². The van der Waals surface area contributed by atoms with Gasteiger partial charge in [0.15, 0.2) is 5.65 Å². The number of piperazine rings is 1. The molecule has 0 atom stereocenters. The summed E-state index contributed by atoms with van der Waals surface area (Å²) in [5.41, 5.74) is 1.77. The van der Waals surface area contributed by atoms with E-state index in [9.17, 15) is 9.59 Å². The number of carbonyl (C=O) groups is 2. The van der Waals surface area contributed by atoms with Gasteiger partial charge < -0.3 is 10.2 Å². The van der Waals surface area contributed by atoms with Gasteiger partial charge in [0.05, 0.1) is 18.1 Å². The highest BCUT2D eigenvalue weighted by atomic mass is 16.2. The van der Waals surface area contributed by atoms with Crippen LogP contribution in [0.3, 0.4) is 0 Å². The molecule has 0 unspecified atom stereocenters. The molecule has 10 nitrogen and oxygen atoms in total. The maximum atomic E-state index is 12.2. The first-order valence-electron chi connectivity index (χ1n) is 9.82. The van der Waals surface area contributed by atoms with Gasteiger partial charge in [0.25, 0.3) is 0 Å². The van der Waals surface area contributed by atoms with Crippen LogP contribution in [0.1, 0.15) is 5.56 Å². The average Bonchev–Trinajstić information content (AvgIpc) is 3.15. The Bertz CT molecular complexity index is 1030. The summed E-state index contributed by atoms with van der Waals surface area (Å²) in [5, 5.41) is 10.3. The lowest BCUT2D eigenvalue weighted by molar-refractivity contribution is -0.121. The fraction of sp³-hybridized carbons (Fsp3) is 0.350. The minimum atomic E-state index is -0.484. The smallest absolute Gasteiger partial charge is 0.321 e. The van der Waals surface area contributed by atoms with E-state index in [0.717, 1.165) is 35.5 Å². The first-order valence-corrected chi connectivity index (χ1v) is 9.82. The molecule has 0 saturated carbocycles. The van der Waals surface area contributed by atoms with Crippen LogP contribution in [0.2, 0.25) is 0 Å². The van der Waals surface area contributed by atoms with Crippen LogP contribution < -0.4 is 15.5 Å². The number of fused-ring (bicyclic) bond motifs is 1. The van der Waals surface area contributed by atoms with E-state index in [0.29, 0.717) is 19.6 Å². The Morgan fingerprint density at radius 3 is 2.60 bits per heavy atom. The van der Waals surface area contributed by atoms with Crippen molar-refractivity contribution >= 4 is 28.8 Å². The summed E-state index contributed by atoms with van der Waals surface area (Å²) < 4.78 is 1.73. The number of nitrogens with zero attached hydrogens (tertiary/aromatic N) is 6. The predicted octanol–water partition coefficient (Wildman–Crippen LogP) is 0.511. The molecular weight excluding hydrogens is 384 g/mol. The minimum absolute atomic E-state index is 0.179. The lowest BCUT2D eigenvalue weighted by Crippen LogP contribution is -2.51. The van der Waals surface area contributed by atoms with Crippen molar-refractivity contribution < 1.29 is 9.59 Å². The minimum Gasteiger partial charge on any atom is -0.353 e. The number of urea groups is 1. The SMILES string of the molecule is Cn1ncc2c(N3CCN(CC(=O)NC(=O)NCc4ccccc4)CC3)ncnc21. The fourth-order valence-corrected chi connectivity index (χ4v) is 3.51. The number of amides is 3. The van der Waals surface area contributed by atoms with Crippen LogP contribution in [0, 0.1) is 0 Å². The molecule has 0 radical (unpaired) electrons. The van der Waals surface area contributed by atoms with Crippen molar-refractivity contribution in [2.24, 2.45) is 7.05 Å². The van der Waals surface area contributed by atoms with Crippen molar-refractivity contribution in [1.82, 2.24) is 35.3 Å². The largest absolute Gasteiger partial charge is 0.353 e. The van der Waals surface area contributed by atoms with E-state index >= 15 is 0 Å². The highest BCUT2D eigenvalue weighted by Gasteiger charge is 2.22. The first kappa shape index (κ1) is 19.8. The van der Waals surface area contributed by atoms with Crippen molar-refractivity contribution in [3.05, 3.63) is 48.4 Å². The Kier molecular flexibility index (Phi) is 5.84. The van der Waals surface area contributed by atoms with Gasteiger partial charge in [-0.3, -0.25) is 19.7 Å². The number of imide groups is 1. The zero-order valence-electron chi connectivity index (χ0n) is 16.8. The topological polar surface area (TPSA) is 108 Å². The number of anilines is 1. The van der Waals surface area contributed by atoms with E-state index in [2.05, 4.69) is 30.6 Å². The third-order valence-electron chi connectivity index (χ3n) is 5.10. The number of benzene rings is 1. The Balaban J connectivity index is 1.24. The van der Waals surface area contributed by atoms with E-state index < -0.39 is 6.03 Å². The summed E-state index contributed by atoms with van der Waals surface area (Å²) in [6.07, 6.45) is 3.33. The lowest BCUT2D eigenvalue weighted by Gasteiger charge is -2.35. The second-order valence-electron chi connectivity index (χ2n) is 7.18. The molecule has 30 heavy (non-hydrogen) atoms. The first-order chi connectivity index (χ1) is 14.6. The highest BCUT2D eigenvalue weighted by Crippen LogP contribution is 2.23. The fourth-order valence-electron chi connectivity index (χ4n) is 3.51. The van der Waals surface area contributed by atoms with Gasteiger partial charge in [-0.25, -0.2) is 14.8 Å². The maximum absolute atomic E-state index is 12.2. The molecule has 2 N–H and O–H groups in total. The summed E-state index contributed by atoms with van der Waals surface area (Å²) in [4.78, 5) is 37.0.